The summed E-state index contributed by atoms with van der Waals surface area (Å²) in [5.74, 6) is 4.13. The van der Waals surface area contributed by atoms with E-state index >= 15 is 0 Å². The number of carbonyl (C=O) groups is 1. The van der Waals surface area contributed by atoms with E-state index in [1.807, 2.05) is 12.1 Å². The molecule has 2 aliphatic rings. The smallest absolute Gasteiger partial charge is 0.251 e. The van der Waals surface area contributed by atoms with Crippen LogP contribution in [0.1, 0.15) is 47.5 Å². The van der Waals surface area contributed by atoms with Crippen LogP contribution in [0, 0.1) is 11.8 Å². The Balaban J connectivity index is 1.43. The van der Waals surface area contributed by atoms with E-state index in [-0.39, 0.29) is 5.91 Å². The predicted molar refractivity (Wildman–Crippen MR) is 94.5 cm³/mol. The molecule has 0 spiro atoms. The largest absolute Gasteiger partial charge is 0.457 e. The molecule has 4 rings (SSSR count). The van der Waals surface area contributed by atoms with E-state index in [1.54, 1.807) is 19.2 Å². The normalized spacial score (nSPS) is 24.8. The second-order valence-electron chi connectivity index (χ2n) is 7.06. The zero-order chi connectivity index (χ0) is 16.5. The molecule has 24 heavy (non-hydrogen) atoms. The van der Waals surface area contributed by atoms with Gasteiger partial charge < -0.3 is 10.1 Å². The number of hydrogen-bond donors (Lipinski definition) is 1. The highest BCUT2D eigenvalue weighted by atomic mass is 16.5. The number of amides is 1. The van der Waals surface area contributed by atoms with Gasteiger partial charge >= 0.3 is 0 Å². The van der Waals surface area contributed by atoms with E-state index in [9.17, 15) is 4.79 Å². The van der Waals surface area contributed by atoms with Gasteiger partial charge in [-0.25, -0.2) is 0 Å². The first kappa shape index (κ1) is 15.3. The quantitative estimate of drug-likeness (QED) is 0.883. The molecule has 2 saturated carbocycles. The number of fused-ring (bicyclic) bond motifs is 2. The third kappa shape index (κ3) is 2.91. The maximum Gasteiger partial charge on any atom is 0.251 e. The molecule has 0 heterocycles. The van der Waals surface area contributed by atoms with Crippen LogP contribution in [-0.2, 0) is 0 Å². The first-order valence-corrected chi connectivity index (χ1v) is 8.83. The summed E-state index contributed by atoms with van der Waals surface area (Å²) >= 11 is 0. The second kappa shape index (κ2) is 6.31. The molecule has 1 amide bonds. The summed E-state index contributed by atoms with van der Waals surface area (Å²) in [6, 6.07) is 15.8. The van der Waals surface area contributed by atoms with Crippen molar-refractivity contribution in [2.75, 3.05) is 7.05 Å². The zero-order valence-corrected chi connectivity index (χ0v) is 14.0. The van der Waals surface area contributed by atoms with Crippen LogP contribution in [0.3, 0.4) is 0 Å². The number of benzene rings is 2. The third-order valence-corrected chi connectivity index (χ3v) is 5.63. The molecule has 0 radical (unpaired) electrons. The van der Waals surface area contributed by atoms with Crippen LogP contribution in [0.25, 0.3) is 0 Å². The molecule has 124 valence electrons. The van der Waals surface area contributed by atoms with Gasteiger partial charge in [0.05, 0.1) is 0 Å². The van der Waals surface area contributed by atoms with Crippen LogP contribution in [0.5, 0.6) is 11.5 Å². The van der Waals surface area contributed by atoms with E-state index < -0.39 is 0 Å². The van der Waals surface area contributed by atoms with Crippen molar-refractivity contribution in [3.63, 3.8) is 0 Å². The zero-order valence-electron chi connectivity index (χ0n) is 14.0. The summed E-state index contributed by atoms with van der Waals surface area (Å²) in [6.45, 7) is 0. The molecule has 0 saturated heterocycles. The van der Waals surface area contributed by atoms with Gasteiger partial charge in [0.2, 0.25) is 0 Å². The lowest BCUT2D eigenvalue weighted by atomic mass is 9.83. The minimum absolute atomic E-state index is 0.0863. The van der Waals surface area contributed by atoms with Gasteiger partial charge in [-0.2, -0.15) is 0 Å². The maximum absolute atomic E-state index is 11.5. The molecule has 3 nitrogen and oxygen atoms in total. The Hall–Kier alpha value is -2.29. The molecule has 0 aliphatic heterocycles. The Kier molecular flexibility index (Phi) is 4.01. The Morgan fingerprint density at radius 3 is 2.17 bits per heavy atom. The highest BCUT2D eigenvalue weighted by Crippen LogP contribution is 2.52. The first-order valence-electron chi connectivity index (χ1n) is 8.83. The van der Waals surface area contributed by atoms with E-state index in [0.717, 1.165) is 29.3 Å². The Labute approximate surface area is 143 Å². The lowest BCUT2D eigenvalue weighted by Crippen LogP contribution is -2.17. The summed E-state index contributed by atoms with van der Waals surface area (Å²) in [6.07, 6.45) is 5.64. The minimum Gasteiger partial charge on any atom is -0.457 e. The highest BCUT2D eigenvalue weighted by Gasteiger charge is 2.39. The molecule has 3 heteroatoms. The fourth-order valence-electron chi connectivity index (χ4n) is 4.39. The van der Waals surface area contributed by atoms with Gasteiger partial charge in [-0.3, -0.25) is 4.79 Å². The van der Waals surface area contributed by atoms with Crippen molar-refractivity contribution in [2.24, 2.45) is 11.8 Å². The average Bonchev–Trinajstić information content (AvgIpc) is 3.26. The van der Waals surface area contributed by atoms with Gasteiger partial charge in [0.15, 0.2) is 0 Å². The van der Waals surface area contributed by atoms with Crippen LogP contribution >= 0.6 is 0 Å². The molecule has 2 fully saturated rings. The van der Waals surface area contributed by atoms with E-state index in [4.69, 9.17) is 4.74 Å². The number of ether oxygens (including phenoxy) is 1. The van der Waals surface area contributed by atoms with Crippen molar-refractivity contribution in [1.29, 1.82) is 0 Å². The van der Waals surface area contributed by atoms with Crippen molar-refractivity contribution >= 4 is 5.91 Å². The summed E-state index contributed by atoms with van der Waals surface area (Å²) in [5, 5.41) is 2.61. The SMILES string of the molecule is CNC(=O)c1ccc(Oc2ccc(C3CC4CCC3C4)cc2)cc1. The third-order valence-electron chi connectivity index (χ3n) is 5.63. The van der Waals surface area contributed by atoms with Gasteiger partial charge in [0.25, 0.3) is 5.91 Å². The van der Waals surface area contributed by atoms with Crippen molar-refractivity contribution in [1.82, 2.24) is 5.32 Å². The minimum atomic E-state index is -0.0863. The number of rotatable bonds is 4. The number of nitrogens with one attached hydrogen (secondary N) is 1. The summed E-state index contributed by atoms with van der Waals surface area (Å²) in [4.78, 5) is 11.5. The van der Waals surface area contributed by atoms with Gasteiger partial charge in [-0.1, -0.05) is 18.6 Å². The van der Waals surface area contributed by atoms with Gasteiger partial charge in [0, 0.05) is 12.6 Å². The summed E-state index contributed by atoms with van der Waals surface area (Å²) in [5.41, 5.74) is 2.10. The van der Waals surface area contributed by atoms with E-state index in [2.05, 4.69) is 29.6 Å². The fourth-order valence-corrected chi connectivity index (χ4v) is 4.39. The molecule has 2 bridgehead atoms. The average molecular weight is 321 g/mol. The first-order chi connectivity index (χ1) is 11.7. The highest BCUT2D eigenvalue weighted by molar-refractivity contribution is 5.94. The lowest BCUT2D eigenvalue weighted by molar-refractivity contribution is 0.0963. The topological polar surface area (TPSA) is 38.3 Å². The number of hydrogen-bond acceptors (Lipinski definition) is 2. The van der Waals surface area contributed by atoms with Crippen LogP contribution in [-0.4, -0.2) is 13.0 Å². The Morgan fingerprint density at radius 2 is 1.62 bits per heavy atom. The van der Waals surface area contributed by atoms with Crippen molar-refractivity contribution in [3.05, 3.63) is 59.7 Å². The molecular formula is C21H23NO2. The second-order valence-corrected chi connectivity index (χ2v) is 7.06. The van der Waals surface area contributed by atoms with Crippen LogP contribution in [0.2, 0.25) is 0 Å². The van der Waals surface area contributed by atoms with Gasteiger partial charge in [-0.05, 0) is 79.0 Å². The van der Waals surface area contributed by atoms with Crippen molar-refractivity contribution < 1.29 is 9.53 Å². The van der Waals surface area contributed by atoms with Crippen LogP contribution in [0.15, 0.2) is 48.5 Å². The van der Waals surface area contributed by atoms with Gasteiger partial charge in [0.1, 0.15) is 11.5 Å². The Bertz CT molecular complexity index is 721. The van der Waals surface area contributed by atoms with Crippen LogP contribution < -0.4 is 10.1 Å². The molecule has 3 unspecified atom stereocenters. The molecule has 2 aliphatic carbocycles. The Morgan fingerprint density at radius 1 is 0.958 bits per heavy atom. The van der Waals surface area contributed by atoms with Crippen molar-refractivity contribution in [2.45, 2.75) is 31.6 Å². The van der Waals surface area contributed by atoms with E-state index in [0.29, 0.717) is 5.56 Å². The summed E-state index contributed by atoms with van der Waals surface area (Å²) in [7, 11) is 1.63. The predicted octanol–water partition coefficient (Wildman–Crippen LogP) is 4.74. The molecular weight excluding hydrogens is 298 g/mol. The monoisotopic (exact) mass is 321 g/mol. The molecule has 2 aromatic carbocycles. The fraction of sp³-hybridized carbons (Fsp3) is 0.381. The molecule has 1 N–H and O–H groups in total. The summed E-state index contributed by atoms with van der Waals surface area (Å²) < 4.78 is 5.89. The standard InChI is InChI=1S/C21H23NO2/c1-22-21(23)16-6-10-19(11-7-16)24-18-8-4-15(5-9-18)20-13-14-2-3-17(20)12-14/h4-11,14,17,20H,2-3,12-13H2,1H3,(H,22,23). The molecule has 2 aromatic rings. The molecule has 3 atom stereocenters. The molecule has 0 aromatic heterocycles. The van der Waals surface area contributed by atoms with Crippen molar-refractivity contribution in [3.8, 4) is 11.5 Å². The lowest BCUT2D eigenvalue weighted by Gasteiger charge is -2.22. The van der Waals surface area contributed by atoms with E-state index in [1.165, 1.54) is 31.2 Å². The van der Waals surface area contributed by atoms with Crippen LogP contribution in [0.4, 0.5) is 0 Å². The maximum atomic E-state index is 11.5. The number of carbonyl (C=O) groups excluding carboxylic acids is 1. The van der Waals surface area contributed by atoms with Gasteiger partial charge in [-0.15, -0.1) is 0 Å².